The zero-order valence-electron chi connectivity index (χ0n) is 12.9. The lowest BCUT2D eigenvalue weighted by Crippen LogP contribution is -2.31. The molecule has 0 atom stereocenters. The van der Waals surface area contributed by atoms with Crippen LogP contribution in [0.2, 0.25) is 0 Å². The summed E-state index contributed by atoms with van der Waals surface area (Å²) in [5.74, 6) is 0.764. The predicted molar refractivity (Wildman–Crippen MR) is 89.9 cm³/mol. The molecule has 5 nitrogen and oxygen atoms in total. The van der Waals surface area contributed by atoms with Gasteiger partial charge in [0.05, 0.1) is 16.4 Å². The van der Waals surface area contributed by atoms with Gasteiger partial charge >= 0.3 is 0 Å². The van der Waals surface area contributed by atoms with Crippen LogP contribution >= 0.6 is 11.3 Å². The van der Waals surface area contributed by atoms with E-state index in [1.54, 1.807) is 23.7 Å². The van der Waals surface area contributed by atoms with Gasteiger partial charge in [0.2, 0.25) is 0 Å². The van der Waals surface area contributed by atoms with Gasteiger partial charge in [-0.25, -0.2) is 15.0 Å². The summed E-state index contributed by atoms with van der Waals surface area (Å²) in [7, 11) is 0. The van der Waals surface area contributed by atoms with Gasteiger partial charge in [-0.1, -0.05) is 0 Å². The smallest absolute Gasteiger partial charge is 0.160 e. The van der Waals surface area contributed by atoms with Gasteiger partial charge in [0.15, 0.2) is 5.82 Å². The molecule has 0 aromatic carbocycles. The Labute approximate surface area is 139 Å². The van der Waals surface area contributed by atoms with Gasteiger partial charge in [-0.3, -0.25) is 9.88 Å². The molecule has 116 valence electrons. The topological polar surface area (TPSA) is 54.8 Å². The van der Waals surface area contributed by atoms with Gasteiger partial charge < -0.3 is 0 Å². The highest BCUT2D eigenvalue weighted by atomic mass is 32.1. The molecule has 0 saturated carbocycles. The first-order valence-corrected chi connectivity index (χ1v) is 8.54. The van der Waals surface area contributed by atoms with Crippen LogP contribution in [-0.4, -0.2) is 31.4 Å². The Kier molecular flexibility index (Phi) is 3.85. The minimum absolute atomic E-state index is 0.764. The molecule has 3 aromatic heterocycles. The van der Waals surface area contributed by atoms with Crippen molar-refractivity contribution in [2.45, 2.75) is 26.4 Å². The Morgan fingerprint density at radius 1 is 1.26 bits per heavy atom. The Bertz CT molecular complexity index is 815. The summed E-state index contributed by atoms with van der Waals surface area (Å²) in [6.07, 6.45) is 6.48. The van der Waals surface area contributed by atoms with E-state index in [0.29, 0.717) is 0 Å². The normalized spacial score (nSPS) is 14.7. The first-order valence-electron chi connectivity index (χ1n) is 7.66. The molecule has 0 fully saturated rings. The SMILES string of the molecule is Cc1nc(CN2CCc3nc(-c4cccnc4)ncc3C2)cs1. The minimum Gasteiger partial charge on any atom is -0.293 e. The maximum atomic E-state index is 4.74. The number of rotatable bonds is 3. The second kappa shape index (κ2) is 6.14. The van der Waals surface area contributed by atoms with Crippen LogP contribution in [0.4, 0.5) is 0 Å². The lowest BCUT2D eigenvalue weighted by Gasteiger charge is -2.27. The average molecular weight is 323 g/mol. The highest BCUT2D eigenvalue weighted by molar-refractivity contribution is 7.09. The van der Waals surface area contributed by atoms with E-state index >= 15 is 0 Å². The first-order chi connectivity index (χ1) is 11.3. The summed E-state index contributed by atoms with van der Waals surface area (Å²) in [5, 5.41) is 3.27. The molecule has 6 heteroatoms. The molecule has 23 heavy (non-hydrogen) atoms. The predicted octanol–water partition coefficient (Wildman–Crippen LogP) is 2.86. The van der Waals surface area contributed by atoms with Crippen molar-refractivity contribution in [2.24, 2.45) is 0 Å². The van der Waals surface area contributed by atoms with Crippen LogP contribution in [0.1, 0.15) is 22.0 Å². The van der Waals surface area contributed by atoms with Gasteiger partial charge in [0, 0.05) is 61.2 Å². The second-order valence-electron chi connectivity index (χ2n) is 5.73. The number of nitrogens with zero attached hydrogens (tertiary/aromatic N) is 5. The fourth-order valence-corrected chi connectivity index (χ4v) is 3.46. The number of thiazole rings is 1. The highest BCUT2D eigenvalue weighted by Crippen LogP contribution is 2.22. The highest BCUT2D eigenvalue weighted by Gasteiger charge is 2.19. The average Bonchev–Trinajstić information content (AvgIpc) is 3.00. The Morgan fingerprint density at radius 2 is 2.22 bits per heavy atom. The van der Waals surface area contributed by atoms with E-state index in [-0.39, 0.29) is 0 Å². The number of hydrogen-bond acceptors (Lipinski definition) is 6. The van der Waals surface area contributed by atoms with Gasteiger partial charge in [0.1, 0.15) is 0 Å². The van der Waals surface area contributed by atoms with Gasteiger partial charge in [-0.05, 0) is 19.1 Å². The molecule has 0 N–H and O–H groups in total. The van der Waals surface area contributed by atoms with Crippen LogP contribution in [-0.2, 0) is 19.5 Å². The largest absolute Gasteiger partial charge is 0.293 e. The van der Waals surface area contributed by atoms with E-state index in [2.05, 4.69) is 25.2 Å². The molecular formula is C17H17N5S. The Balaban J connectivity index is 1.52. The van der Waals surface area contributed by atoms with Crippen LogP contribution in [0, 0.1) is 6.92 Å². The van der Waals surface area contributed by atoms with E-state index in [9.17, 15) is 0 Å². The third kappa shape index (κ3) is 3.13. The first kappa shape index (κ1) is 14.4. The summed E-state index contributed by atoms with van der Waals surface area (Å²) in [4.78, 5) is 20.4. The van der Waals surface area contributed by atoms with Crippen LogP contribution in [0.5, 0.6) is 0 Å². The van der Waals surface area contributed by atoms with E-state index in [1.807, 2.05) is 25.3 Å². The summed E-state index contributed by atoms with van der Waals surface area (Å²) in [5.41, 5.74) is 4.50. The molecule has 1 aliphatic rings. The summed E-state index contributed by atoms with van der Waals surface area (Å²) < 4.78 is 0. The fraction of sp³-hybridized carbons (Fsp3) is 0.294. The molecule has 0 spiro atoms. The van der Waals surface area contributed by atoms with Crippen molar-refractivity contribution in [3.05, 3.63) is 58.1 Å². The van der Waals surface area contributed by atoms with E-state index in [1.165, 1.54) is 5.56 Å². The quantitative estimate of drug-likeness (QED) is 0.742. The van der Waals surface area contributed by atoms with Gasteiger partial charge in [0.25, 0.3) is 0 Å². The summed E-state index contributed by atoms with van der Waals surface area (Å²) >= 11 is 1.71. The third-order valence-electron chi connectivity index (χ3n) is 3.98. The number of aryl methyl sites for hydroxylation is 1. The molecule has 4 heterocycles. The van der Waals surface area contributed by atoms with Crippen LogP contribution < -0.4 is 0 Å². The zero-order valence-corrected chi connectivity index (χ0v) is 13.8. The number of hydrogen-bond donors (Lipinski definition) is 0. The van der Waals surface area contributed by atoms with Crippen molar-refractivity contribution in [1.82, 2.24) is 24.8 Å². The van der Waals surface area contributed by atoms with E-state index in [0.717, 1.165) is 53.8 Å². The lowest BCUT2D eigenvalue weighted by atomic mass is 10.1. The molecular weight excluding hydrogens is 306 g/mol. The van der Waals surface area contributed by atoms with Gasteiger partial charge in [-0.15, -0.1) is 11.3 Å². The molecule has 3 aromatic rings. The number of pyridine rings is 1. The monoisotopic (exact) mass is 323 g/mol. The van der Waals surface area contributed by atoms with Gasteiger partial charge in [-0.2, -0.15) is 0 Å². The molecule has 0 radical (unpaired) electrons. The van der Waals surface area contributed by atoms with E-state index < -0.39 is 0 Å². The third-order valence-corrected chi connectivity index (χ3v) is 4.81. The zero-order chi connectivity index (χ0) is 15.6. The van der Waals surface area contributed by atoms with Crippen LogP contribution in [0.25, 0.3) is 11.4 Å². The number of fused-ring (bicyclic) bond motifs is 1. The number of aromatic nitrogens is 4. The lowest BCUT2D eigenvalue weighted by molar-refractivity contribution is 0.240. The van der Waals surface area contributed by atoms with Crippen molar-refractivity contribution in [2.75, 3.05) is 6.54 Å². The van der Waals surface area contributed by atoms with Crippen LogP contribution in [0.15, 0.2) is 36.1 Å². The maximum Gasteiger partial charge on any atom is 0.160 e. The maximum absolute atomic E-state index is 4.74. The molecule has 0 aliphatic carbocycles. The molecule has 0 bridgehead atoms. The molecule has 0 unspecified atom stereocenters. The molecule has 0 amide bonds. The van der Waals surface area contributed by atoms with E-state index in [4.69, 9.17) is 4.98 Å². The Hall–Kier alpha value is -2.18. The summed E-state index contributed by atoms with van der Waals surface area (Å²) in [6.45, 7) is 4.84. The minimum atomic E-state index is 0.764. The molecule has 4 rings (SSSR count). The Morgan fingerprint density at radius 3 is 3.00 bits per heavy atom. The van der Waals surface area contributed by atoms with Crippen LogP contribution in [0.3, 0.4) is 0 Å². The molecule has 1 aliphatic heterocycles. The molecule has 0 saturated heterocycles. The second-order valence-corrected chi connectivity index (χ2v) is 6.79. The standard InChI is InChI=1S/C17H17N5S/c1-12-20-15(11-23-12)10-22-6-4-16-14(9-22)8-19-17(21-16)13-3-2-5-18-7-13/h2-3,5,7-8,11H,4,6,9-10H2,1H3. The van der Waals surface area contributed by atoms with Crippen molar-refractivity contribution in [3.8, 4) is 11.4 Å². The fourth-order valence-electron chi connectivity index (χ4n) is 2.85. The van der Waals surface area contributed by atoms with Crippen molar-refractivity contribution >= 4 is 11.3 Å². The van der Waals surface area contributed by atoms with Crippen molar-refractivity contribution in [1.29, 1.82) is 0 Å². The van der Waals surface area contributed by atoms with Crippen molar-refractivity contribution < 1.29 is 0 Å². The van der Waals surface area contributed by atoms with Crippen molar-refractivity contribution in [3.63, 3.8) is 0 Å². The summed E-state index contributed by atoms with van der Waals surface area (Å²) in [6, 6.07) is 3.91.